The predicted molar refractivity (Wildman–Crippen MR) is 148 cm³/mol. The zero-order valence-electron chi connectivity index (χ0n) is 19.3. The Balaban J connectivity index is 1.49. The lowest BCUT2D eigenvalue weighted by atomic mass is 10.0. The molecule has 0 aliphatic carbocycles. The van der Waals surface area contributed by atoms with Gasteiger partial charge in [-0.25, -0.2) is 0 Å². The topological polar surface area (TPSA) is 35.6 Å². The Morgan fingerprint density at radius 2 is 1.25 bits per heavy atom. The monoisotopic (exact) mass is 460 g/mol. The Morgan fingerprint density at radius 3 is 2.17 bits per heavy atom. The van der Waals surface area contributed by atoms with E-state index in [0.29, 0.717) is 0 Å². The number of nitrogens with zero attached hydrogens (tertiary/aromatic N) is 4. The molecule has 168 valence electrons. The summed E-state index contributed by atoms with van der Waals surface area (Å²) in [6.45, 7) is 0. The van der Waals surface area contributed by atoms with Crippen LogP contribution in [0.2, 0.25) is 0 Å². The maximum Gasteiger partial charge on any atom is 0.168 e. The number of rotatable bonds is 2. The molecule has 0 saturated heterocycles. The van der Waals surface area contributed by atoms with Gasteiger partial charge in [-0.05, 0) is 47.2 Å². The number of para-hydroxylation sites is 2. The molecular weight excluding hydrogens is 440 g/mol. The average Bonchev–Trinajstić information content (AvgIpc) is 3.53. The van der Waals surface area contributed by atoms with Crippen molar-refractivity contribution in [1.82, 2.24) is 19.3 Å². The molecular formula is C32H20N4. The molecule has 0 saturated carbocycles. The molecule has 0 aliphatic rings. The van der Waals surface area contributed by atoms with Crippen LogP contribution in [0.1, 0.15) is 0 Å². The average molecular weight is 461 g/mol. The number of fused-ring (bicyclic) bond motifs is 8. The Kier molecular flexibility index (Phi) is 3.91. The molecule has 0 radical (unpaired) electrons. The van der Waals surface area contributed by atoms with Crippen molar-refractivity contribution >= 4 is 54.3 Å². The fourth-order valence-electron chi connectivity index (χ4n) is 5.72. The molecule has 36 heavy (non-hydrogen) atoms. The quantitative estimate of drug-likeness (QED) is 0.264. The van der Waals surface area contributed by atoms with Gasteiger partial charge in [0.25, 0.3) is 0 Å². The van der Waals surface area contributed by atoms with E-state index in [0.717, 1.165) is 27.6 Å². The molecule has 0 aliphatic heterocycles. The molecule has 0 bridgehead atoms. The van der Waals surface area contributed by atoms with Gasteiger partial charge in [0.1, 0.15) is 0 Å². The number of hydrogen-bond donors (Lipinski definition) is 0. The third-order valence-corrected chi connectivity index (χ3v) is 7.30. The zero-order valence-corrected chi connectivity index (χ0v) is 19.3. The third-order valence-electron chi connectivity index (χ3n) is 7.30. The summed E-state index contributed by atoms with van der Waals surface area (Å²) in [4.78, 5) is 0. The molecule has 4 heteroatoms. The molecule has 4 nitrogen and oxygen atoms in total. The van der Waals surface area contributed by atoms with Crippen LogP contribution in [0.25, 0.3) is 65.8 Å². The van der Waals surface area contributed by atoms with Crippen LogP contribution in [0.5, 0.6) is 0 Å². The molecule has 3 heterocycles. The van der Waals surface area contributed by atoms with E-state index in [1.165, 1.54) is 38.1 Å². The lowest BCUT2D eigenvalue weighted by Crippen LogP contribution is -2.00. The minimum absolute atomic E-state index is 0.856. The summed E-state index contributed by atoms with van der Waals surface area (Å²) in [6, 6.07) is 38.6. The summed E-state index contributed by atoms with van der Waals surface area (Å²) in [5, 5.41) is 17.3. The van der Waals surface area contributed by atoms with E-state index >= 15 is 0 Å². The minimum atomic E-state index is 0.856. The fourth-order valence-corrected chi connectivity index (χ4v) is 5.72. The second-order valence-corrected chi connectivity index (χ2v) is 9.18. The second kappa shape index (κ2) is 7.27. The lowest BCUT2D eigenvalue weighted by molar-refractivity contribution is 0.972. The highest BCUT2D eigenvalue weighted by Crippen LogP contribution is 2.40. The van der Waals surface area contributed by atoms with Crippen LogP contribution in [0.4, 0.5) is 0 Å². The maximum absolute atomic E-state index is 4.63. The maximum atomic E-state index is 4.63. The van der Waals surface area contributed by atoms with Gasteiger partial charge >= 0.3 is 0 Å². The molecule has 0 amide bonds. The Morgan fingerprint density at radius 1 is 0.500 bits per heavy atom. The first-order chi connectivity index (χ1) is 17.9. The van der Waals surface area contributed by atoms with Crippen LogP contribution in [0, 0.1) is 0 Å². The van der Waals surface area contributed by atoms with E-state index in [2.05, 4.69) is 129 Å². The second-order valence-electron chi connectivity index (χ2n) is 9.18. The summed E-state index contributed by atoms with van der Waals surface area (Å²) in [5.41, 5.74) is 4.64. The molecule has 3 aromatic heterocycles. The van der Waals surface area contributed by atoms with Crippen LogP contribution in [-0.4, -0.2) is 19.3 Å². The van der Waals surface area contributed by atoms with Crippen molar-refractivity contribution in [2.24, 2.45) is 0 Å². The summed E-state index contributed by atoms with van der Waals surface area (Å²) < 4.78 is 4.52. The summed E-state index contributed by atoms with van der Waals surface area (Å²) >= 11 is 0. The van der Waals surface area contributed by atoms with Gasteiger partial charge in [0.2, 0.25) is 0 Å². The Hall–Kier alpha value is -4.96. The molecule has 8 rings (SSSR count). The van der Waals surface area contributed by atoms with E-state index in [1.54, 1.807) is 0 Å². The first-order valence-electron chi connectivity index (χ1n) is 12.1. The normalized spacial score (nSPS) is 11.9. The molecule has 8 aromatic rings. The van der Waals surface area contributed by atoms with Crippen LogP contribution in [0.15, 0.2) is 122 Å². The van der Waals surface area contributed by atoms with Crippen LogP contribution < -0.4 is 0 Å². The predicted octanol–water partition coefficient (Wildman–Crippen LogP) is 7.82. The molecule has 0 atom stereocenters. The fraction of sp³-hybridized carbons (Fsp3) is 0. The number of hydrogen-bond acceptors (Lipinski definition) is 2. The van der Waals surface area contributed by atoms with E-state index in [-0.39, 0.29) is 0 Å². The highest BCUT2D eigenvalue weighted by atomic mass is 15.2. The highest BCUT2D eigenvalue weighted by Gasteiger charge is 2.18. The van der Waals surface area contributed by atoms with E-state index < -0.39 is 0 Å². The van der Waals surface area contributed by atoms with Crippen molar-refractivity contribution in [2.45, 2.75) is 0 Å². The Labute approximate surface area is 206 Å². The first-order valence-corrected chi connectivity index (χ1v) is 12.1. The lowest BCUT2D eigenvalue weighted by Gasteiger charge is -2.10. The van der Waals surface area contributed by atoms with Crippen molar-refractivity contribution in [3.05, 3.63) is 122 Å². The molecule has 5 aromatic carbocycles. The molecule has 0 spiro atoms. The van der Waals surface area contributed by atoms with Crippen LogP contribution >= 0.6 is 0 Å². The molecule has 0 fully saturated rings. The van der Waals surface area contributed by atoms with Crippen LogP contribution in [-0.2, 0) is 0 Å². The zero-order chi connectivity index (χ0) is 23.6. The van der Waals surface area contributed by atoms with Gasteiger partial charge in [-0.1, -0.05) is 72.8 Å². The standard InChI is InChI=1S/C32H20N4/c1-2-9-22(10-3-1)35-19-18-25-24-14-17-30-31(26(24)15-16-28(25)35)27-12-6-7-13-29(27)36(30)32-23-11-5-4-8-21(23)20-33-34-32/h1-20H. The molecule has 0 unspecified atom stereocenters. The van der Waals surface area contributed by atoms with Crippen molar-refractivity contribution in [3.63, 3.8) is 0 Å². The van der Waals surface area contributed by atoms with E-state index in [1.807, 2.05) is 12.3 Å². The van der Waals surface area contributed by atoms with Crippen molar-refractivity contribution in [1.29, 1.82) is 0 Å². The highest BCUT2D eigenvalue weighted by molar-refractivity contribution is 6.25. The third kappa shape index (κ3) is 2.58. The van der Waals surface area contributed by atoms with E-state index in [9.17, 15) is 0 Å². The largest absolute Gasteiger partial charge is 0.317 e. The van der Waals surface area contributed by atoms with Crippen molar-refractivity contribution in [2.75, 3.05) is 0 Å². The van der Waals surface area contributed by atoms with Gasteiger partial charge < -0.3 is 4.57 Å². The van der Waals surface area contributed by atoms with Gasteiger partial charge in [-0.3, -0.25) is 4.57 Å². The molecule has 0 N–H and O–H groups in total. The van der Waals surface area contributed by atoms with Gasteiger partial charge in [0.05, 0.1) is 22.7 Å². The summed E-state index contributed by atoms with van der Waals surface area (Å²) in [6.07, 6.45) is 3.99. The van der Waals surface area contributed by atoms with E-state index in [4.69, 9.17) is 0 Å². The SMILES string of the molecule is c1ccc(-n2ccc3c4ccc5c(c4ccc32)c2ccccc2n5-c2nncc3ccccc23)cc1. The summed E-state index contributed by atoms with van der Waals surface area (Å²) in [5.74, 6) is 0.856. The number of aromatic nitrogens is 4. The van der Waals surface area contributed by atoms with Gasteiger partial charge in [-0.15, -0.1) is 5.10 Å². The summed E-state index contributed by atoms with van der Waals surface area (Å²) in [7, 11) is 0. The van der Waals surface area contributed by atoms with Gasteiger partial charge in [0.15, 0.2) is 5.82 Å². The minimum Gasteiger partial charge on any atom is -0.317 e. The first kappa shape index (κ1) is 19.4. The van der Waals surface area contributed by atoms with Crippen molar-refractivity contribution in [3.8, 4) is 11.5 Å². The smallest absolute Gasteiger partial charge is 0.168 e. The van der Waals surface area contributed by atoms with Crippen molar-refractivity contribution < 1.29 is 0 Å². The Bertz CT molecular complexity index is 2090. The van der Waals surface area contributed by atoms with Gasteiger partial charge in [-0.2, -0.15) is 5.10 Å². The van der Waals surface area contributed by atoms with Crippen LogP contribution in [0.3, 0.4) is 0 Å². The number of benzene rings is 5. The van der Waals surface area contributed by atoms with Gasteiger partial charge in [0, 0.05) is 38.8 Å².